The first kappa shape index (κ1) is 78.6. The molecule has 0 aromatic rings. The van der Waals surface area contributed by atoms with E-state index < -0.39 is 0 Å². The van der Waals surface area contributed by atoms with Gasteiger partial charge in [0.1, 0.15) is 0 Å². The zero-order valence-corrected chi connectivity index (χ0v) is 54.1. The Balaban J connectivity index is 0. The van der Waals surface area contributed by atoms with Gasteiger partial charge in [0, 0.05) is 23.0 Å². The minimum absolute atomic E-state index is 0.109. The van der Waals surface area contributed by atoms with Gasteiger partial charge in [0.25, 0.3) is 0 Å². The maximum atomic E-state index is 11.9. The normalized spacial score (nSPS) is 11.1. The van der Waals surface area contributed by atoms with Crippen LogP contribution in [0.2, 0.25) is 0 Å². The molecule has 0 saturated carbocycles. The highest BCUT2D eigenvalue weighted by Crippen LogP contribution is 2.17. The number of rotatable bonds is 64. The van der Waals surface area contributed by atoms with Crippen LogP contribution in [0.4, 0.5) is 0 Å². The summed E-state index contributed by atoms with van der Waals surface area (Å²) in [6.07, 6.45) is 64.6. The molecule has 0 N–H and O–H groups in total. The molecule has 8 nitrogen and oxygen atoms in total. The number of carbonyl (C=O) groups excluding carboxylic acids is 4. The molecule has 0 saturated heterocycles. The number of carbonyl (C=O) groups is 4. The molecular weight excluding hydrogens is 1010 g/mol. The Bertz CT molecular complexity index is 1110. The van der Waals surface area contributed by atoms with Gasteiger partial charge < -0.3 is 18.9 Å². The molecule has 0 spiro atoms. The second-order valence-electron chi connectivity index (χ2n) is 22.7. The first-order chi connectivity index (χ1) is 38.4. The molecule has 0 heterocycles. The van der Waals surface area contributed by atoms with Crippen molar-refractivity contribution < 1.29 is 38.1 Å². The number of hydrogen-bond acceptors (Lipinski definition) is 10. The van der Waals surface area contributed by atoms with E-state index in [0.717, 1.165) is 51.4 Å². The highest BCUT2D eigenvalue weighted by molar-refractivity contribution is 7.99. The first-order valence-corrected chi connectivity index (χ1v) is 36.5. The highest BCUT2D eigenvalue weighted by Gasteiger charge is 2.08. The molecule has 0 aromatic carbocycles. The Morgan fingerprint density at radius 3 is 0.474 bits per heavy atom. The monoisotopic (exact) mass is 1140 g/mol. The van der Waals surface area contributed by atoms with Gasteiger partial charge in [0.2, 0.25) is 0 Å². The molecule has 0 fully saturated rings. The first-order valence-electron chi connectivity index (χ1n) is 34.2. The van der Waals surface area contributed by atoms with Crippen LogP contribution in [-0.2, 0) is 38.1 Å². The van der Waals surface area contributed by atoms with E-state index in [9.17, 15) is 19.2 Å². The molecule has 0 rings (SSSR count). The lowest BCUT2D eigenvalue weighted by molar-refractivity contribution is -0.144. The van der Waals surface area contributed by atoms with Gasteiger partial charge >= 0.3 is 23.9 Å². The minimum atomic E-state index is -0.114. The van der Waals surface area contributed by atoms with Crippen molar-refractivity contribution in [3.8, 4) is 0 Å². The standard InChI is InChI=1S/C38H74O4S.C30H58O4S/c1-3-5-7-9-11-13-15-17-19-21-23-25-27-29-33-41-37(39)31-35-43-36-32-38(40)42-34-30-28-26-24-22-20-18-16-14-12-10-8-6-4-2;1-3-5-7-9-11-13-15-17-19-21-25-33-29(31)23-27-35-28-24-30(32)34-26-22-20-18-16-14-12-10-8-6-4-2/h3-36H2,1-2H3;3-28H2,1-2H3. The molecule has 0 bridgehead atoms. The summed E-state index contributed by atoms with van der Waals surface area (Å²) in [5.74, 6) is 2.40. The van der Waals surface area contributed by atoms with Gasteiger partial charge in [-0.05, 0) is 25.7 Å². The van der Waals surface area contributed by atoms with Crippen LogP contribution >= 0.6 is 23.5 Å². The van der Waals surface area contributed by atoms with Crippen molar-refractivity contribution >= 4 is 47.4 Å². The Labute approximate surface area is 494 Å². The maximum Gasteiger partial charge on any atom is 0.306 e. The molecule has 0 aliphatic rings. The van der Waals surface area contributed by atoms with Crippen LogP contribution in [0.5, 0.6) is 0 Å². The second kappa shape index (κ2) is 71.7. The minimum Gasteiger partial charge on any atom is -0.466 e. The fourth-order valence-electron chi connectivity index (χ4n) is 9.63. The molecular formula is C68H132O8S2. The van der Waals surface area contributed by atoms with Crippen molar-refractivity contribution in [2.45, 2.75) is 362 Å². The van der Waals surface area contributed by atoms with Gasteiger partial charge in [0.05, 0.1) is 52.1 Å². The van der Waals surface area contributed by atoms with E-state index in [0.29, 0.717) is 75.1 Å². The molecule has 0 unspecified atom stereocenters. The molecule has 0 radical (unpaired) electrons. The van der Waals surface area contributed by atoms with Crippen LogP contribution in [0.15, 0.2) is 0 Å². The van der Waals surface area contributed by atoms with E-state index in [1.165, 1.54) is 257 Å². The predicted molar refractivity (Wildman–Crippen MR) is 341 cm³/mol. The van der Waals surface area contributed by atoms with E-state index in [2.05, 4.69) is 27.7 Å². The molecule has 0 aliphatic carbocycles. The van der Waals surface area contributed by atoms with Crippen LogP contribution in [0.25, 0.3) is 0 Å². The zero-order chi connectivity index (χ0) is 57.0. The Morgan fingerprint density at radius 1 is 0.205 bits per heavy atom. The average molecular weight is 1140 g/mol. The van der Waals surface area contributed by atoms with Gasteiger partial charge in [-0.25, -0.2) is 0 Å². The van der Waals surface area contributed by atoms with Gasteiger partial charge in [-0.15, -0.1) is 0 Å². The molecule has 0 aliphatic heterocycles. The summed E-state index contributed by atoms with van der Waals surface area (Å²) in [6.45, 7) is 11.3. The largest absolute Gasteiger partial charge is 0.466 e. The summed E-state index contributed by atoms with van der Waals surface area (Å²) in [6, 6.07) is 0. The van der Waals surface area contributed by atoms with Crippen LogP contribution < -0.4 is 0 Å². The lowest BCUT2D eigenvalue weighted by Gasteiger charge is -2.06. The molecule has 464 valence electrons. The topological polar surface area (TPSA) is 105 Å². The van der Waals surface area contributed by atoms with Crippen molar-refractivity contribution in [1.29, 1.82) is 0 Å². The Morgan fingerprint density at radius 2 is 0.333 bits per heavy atom. The second-order valence-corrected chi connectivity index (χ2v) is 25.1. The number of ether oxygens (including phenoxy) is 4. The zero-order valence-electron chi connectivity index (χ0n) is 52.5. The van der Waals surface area contributed by atoms with Crippen molar-refractivity contribution in [2.75, 3.05) is 49.4 Å². The molecule has 0 amide bonds. The van der Waals surface area contributed by atoms with Crippen LogP contribution in [-0.4, -0.2) is 73.3 Å². The van der Waals surface area contributed by atoms with E-state index in [4.69, 9.17) is 18.9 Å². The van der Waals surface area contributed by atoms with E-state index >= 15 is 0 Å². The quantitative estimate of drug-likeness (QED) is 0.0332. The van der Waals surface area contributed by atoms with Gasteiger partial charge in [-0.3, -0.25) is 19.2 Å². The summed E-state index contributed by atoms with van der Waals surface area (Å²) < 4.78 is 21.4. The van der Waals surface area contributed by atoms with E-state index in [1.54, 1.807) is 23.5 Å². The number of esters is 4. The van der Waals surface area contributed by atoms with E-state index in [1.807, 2.05) is 0 Å². The third-order valence-corrected chi connectivity index (χ3v) is 16.8. The third-order valence-electron chi connectivity index (χ3n) is 14.8. The third kappa shape index (κ3) is 72.6. The fourth-order valence-corrected chi connectivity index (χ4v) is 11.3. The summed E-state index contributed by atoms with van der Waals surface area (Å²) >= 11 is 3.26. The summed E-state index contributed by atoms with van der Waals surface area (Å²) in [5.41, 5.74) is 0. The smallest absolute Gasteiger partial charge is 0.306 e. The van der Waals surface area contributed by atoms with Crippen LogP contribution in [0, 0.1) is 0 Å². The van der Waals surface area contributed by atoms with Crippen LogP contribution in [0.3, 0.4) is 0 Å². The number of thioether (sulfide) groups is 2. The van der Waals surface area contributed by atoms with Crippen molar-refractivity contribution in [3.05, 3.63) is 0 Å². The molecule has 78 heavy (non-hydrogen) atoms. The fraction of sp³-hybridized carbons (Fsp3) is 0.941. The van der Waals surface area contributed by atoms with Crippen molar-refractivity contribution in [3.63, 3.8) is 0 Å². The molecule has 0 atom stereocenters. The Hall–Kier alpha value is -1.42. The maximum absolute atomic E-state index is 11.9. The number of hydrogen-bond donors (Lipinski definition) is 0. The summed E-state index contributed by atoms with van der Waals surface area (Å²) in [5, 5.41) is 0. The van der Waals surface area contributed by atoms with Crippen molar-refractivity contribution in [1.82, 2.24) is 0 Å². The van der Waals surface area contributed by atoms with Gasteiger partial charge in [-0.1, -0.05) is 310 Å². The van der Waals surface area contributed by atoms with Crippen LogP contribution in [0.1, 0.15) is 362 Å². The number of unbranched alkanes of at least 4 members (excludes halogenated alkanes) is 44. The summed E-state index contributed by atoms with van der Waals surface area (Å²) in [7, 11) is 0. The average Bonchev–Trinajstić information content (AvgIpc) is 3.43. The van der Waals surface area contributed by atoms with Gasteiger partial charge in [-0.2, -0.15) is 23.5 Å². The Kier molecular flexibility index (Phi) is 72.3. The predicted octanol–water partition coefficient (Wildman–Crippen LogP) is 22.0. The van der Waals surface area contributed by atoms with Crippen molar-refractivity contribution in [2.24, 2.45) is 0 Å². The lowest BCUT2D eigenvalue weighted by atomic mass is 10.0. The molecule has 10 heteroatoms. The summed E-state index contributed by atoms with van der Waals surface area (Å²) in [4.78, 5) is 47.4. The SMILES string of the molecule is CCCCCCCCCCCCCCCCOC(=O)CCSCCC(=O)OCCCCCCCCCCCCCCCC.CCCCCCCCCCCCOC(=O)CCSCCC(=O)OCCCCCCCCCCCC. The lowest BCUT2D eigenvalue weighted by Crippen LogP contribution is -2.09. The highest BCUT2D eigenvalue weighted by atomic mass is 32.2. The van der Waals surface area contributed by atoms with Gasteiger partial charge in [0.15, 0.2) is 0 Å². The van der Waals surface area contributed by atoms with E-state index in [-0.39, 0.29) is 23.9 Å². The molecule has 0 aromatic heterocycles.